The molecule has 4 nitrogen and oxygen atoms in total. The monoisotopic (exact) mass is 308 g/mol. The molecule has 5 heteroatoms. The summed E-state index contributed by atoms with van der Waals surface area (Å²) in [5, 5.41) is 3.59. The van der Waals surface area contributed by atoms with Crippen LogP contribution in [0.1, 0.15) is 37.8 Å². The second-order valence-corrected chi connectivity index (χ2v) is 8.28. The number of benzene rings is 1. The molecule has 1 aromatic rings. The number of nitrogens with one attached hydrogen (secondary N) is 1. The van der Waals surface area contributed by atoms with Crippen molar-refractivity contribution in [2.75, 3.05) is 25.4 Å². The van der Waals surface area contributed by atoms with Crippen LogP contribution in [0.15, 0.2) is 29.2 Å². The summed E-state index contributed by atoms with van der Waals surface area (Å²) in [6.45, 7) is 5.56. The molecule has 21 heavy (non-hydrogen) atoms. The average molecular weight is 308 g/mol. The van der Waals surface area contributed by atoms with Gasteiger partial charge in [0.2, 0.25) is 0 Å². The number of sulfone groups is 1. The van der Waals surface area contributed by atoms with Gasteiger partial charge in [-0.25, -0.2) is 8.42 Å². The molecular weight excluding hydrogens is 284 g/mol. The zero-order chi connectivity index (χ0) is 14.9. The van der Waals surface area contributed by atoms with E-state index in [1.165, 1.54) is 25.9 Å². The minimum atomic E-state index is -3.08. The smallest absolute Gasteiger partial charge is 0.178 e. The summed E-state index contributed by atoms with van der Waals surface area (Å²) in [5.41, 5.74) is 0.942. The van der Waals surface area contributed by atoms with Crippen LogP contribution in [0.3, 0.4) is 0 Å². The quantitative estimate of drug-likeness (QED) is 0.924. The maximum atomic E-state index is 12.1. The minimum absolute atomic E-state index is 0.162. The SMILES string of the molecule is CC(CNC1CCS(=O)(=O)c2ccccc21)N1CCCC1. The average Bonchev–Trinajstić information content (AvgIpc) is 3.01. The number of hydrogen-bond donors (Lipinski definition) is 1. The summed E-state index contributed by atoms with van der Waals surface area (Å²) in [4.78, 5) is 3.03. The first kappa shape index (κ1) is 15.0. The maximum absolute atomic E-state index is 12.1. The minimum Gasteiger partial charge on any atom is -0.308 e. The molecule has 0 aromatic heterocycles. The third kappa shape index (κ3) is 3.15. The van der Waals surface area contributed by atoms with E-state index in [2.05, 4.69) is 17.1 Å². The van der Waals surface area contributed by atoms with Gasteiger partial charge in [0.25, 0.3) is 0 Å². The molecule has 3 rings (SSSR count). The summed E-state index contributed by atoms with van der Waals surface area (Å²) in [7, 11) is -3.08. The van der Waals surface area contributed by atoms with Crippen molar-refractivity contribution in [2.45, 2.75) is 43.2 Å². The molecule has 0 amide bonds. The Bertz CT molecular complexity index is 594. The van der Waals surface area contributed by atoms with Crippen molar-refractivity contribution in [1.29, 1.82) is 0 Å². The molecule has 116 valence electrons. The highest BCUT2D eigenvalue weighted by Crippen LogP contribution is 2.31. The second kappa shape index (κ2) is 6.07. The normalized spacial score (nSPS) is 26.4. The maximum Gasteiger partial charge on any atom is 0.178 e. The summed E-state index contributed by atoms with van der Waals surface area (Å²) in [5.74, 6) is 0.250. The number of nitrogens with zero attached hydrogens (tertiary/aromatic N) is 1. The summed E-state index contributed by atoms with van der Waals surface area (Å²) >= 11 is 0. The molecule has 0 saturated carbocycles. The predicted octanol–water partition coefficient (Wildman–Crippen LogP) is 1.98. The Morgan fingerprint density at radius 2 is 2.00 bits per heavy atom. The fourth-order valence-electron chi connectivity index (χ4n) is 3.43. The van der Waals surface area contributed by atoms with E-state index in [1.54, 1.807) is 6.07 Å². The molecule has 0 aliphatic carbocycles. The molecule has 0 bridgehead atoms. The van der Waals surface area contributed by atoms with Crippen LogP contribution in [0.25, 0.3) is 0 Å². The van der Waals surface area contributed by atoms with Gasteiger partial charge in [-0.2, -0.15) is 0 Å². The number of rotatable bonds is 4. The van der Waals surface area contributed by atoms with Crippen LogP contribution in [-0.2, 0) is 9.84 Å². The van der Waals surface area contributed by atoms with Gasteiger partial charge in [-0.15, -0.1) is 0 Å². The number of hydrogen-bond acceptors (Lipinski definition) is 4. The number of fused-ring (bicyclic) bond motifs is 1. The molecule has 2 heterocycles. The van der Waals surface area contributed by atoms with Crippen LogP contribution >= 0.6 is 0 Å². The van der Waals surface area contributed by atoms with Gasteiger partial charge in [0, 0.05) is 18.6 Å². The van der Waals surface area contributed by atoms with Crippen LogP contribution in [0.5, 0.6) is 0 Å². The van der Waals surface area contributed by atoms with Crippen molar-refractivity contribution < 1.29 is 8.42 Å². The van der Waals surface area contributed by atoms with E-state index in [1.807, 2.05) is 18.2 Å². The van der Waals surface area contributed by atoms with E-state index < -0.39 is 9.84 Å². The lowest BCUT2D eigenvalue weighted by Gasteiger charge is -2.30. The molecule has 2 unspecified atom stereocenters. The standard InChI is InChI=1S/C16H24N2O2S/c1-13(18-9-4-5-10-18)12-17-15-8-11-21(19,20)16-7-3-2-6-14(15)16/h2-3,6-7,13,15,17H,4-5,8-12H2,1H3. The van der Waals surface area contributed by atoms with Crippen molar-refractivity contribution in [3.63, 3.8) is 0 Å². The van der Waals surface area contributed by atoms with Crippen LogP contribution in [-0.4, -0.2) is 44.7 Å². The van der Waals surface area contributed by atoms with Gasteiger partial charge in [-0.3, -0.25) is 4.90 Å². The third-order valence-electron chi connectivity index (χ3n) is 4.73. The molecule has 1 N–H and O–H groups in total. The molecule has 0 radical (unpaired) electrons. The Hall–Kier alpha value is -0.910. The van der Waals surface area contributed by atoms with Gasteiger partial charge in [0.15, 0.2) is 9.84 Å². The molecular formula is C16H24N2O2S. The predicted molar refractivity (Wildman–Crippen MR) is 84.1 cm³/mol. The molecule has 1 fully saturated rings. The molecule has 2 aliphatic rings. The fraction of sp³-hybridized carbons (Fsp3) is 0.625. The molecule has 2 atom stereocenters. The van der Waals surface area contributed by atoms with Crippen molar-refractivity contribution in [3.05, 3.63) is 29.8 Å². The van der Waals surface area contributed by atoms with E-state index in [0.717, 1.165) is 12.1 Å². The zero-order valence-electron chi connectivity index (χ0n) is 12.6. The zero-order valence-corrected chi connectivity index (χ0v) is 13.4. The van der Waals surface area contributed by atoms with E-state index in [-0.39, 0.29) is 11.8 Å². The molecule has 1 saturated heterocycles. The fourth-order valence-corrected chi connectivity index (χ4v) is 5.05. The van der Waals surface area contributed by atoms with Crippen molar-refractivity contribution in [3.8, 4) is 0 Å². The lowest BCUT2D eigenvalue weighted by molar-refractivity contribution is 0.244. The second-order valence-electron chi connectivity index (χ2n) is 6.20. The Balaban J connectivity index is 1.69. The lowest BCUT2D eigenvalue weighted by Crippen LogP contribution is -2.41. The van der Waals surface area contributed by atoms with E-state index in [0.29, 0.717) is 17.4 Å². The van der Waals surface area contributed by atoms with Gasteiger partial charge in [0.05, 0.1) is 10.6 Å². The van der Waals surface area contributed by atoms with Crippen molar-refractivity contribution in [2.24, 2.45) is 0 Å². The first-order chi connectivity index (χ1) is 10.1. The van der Waals surface area contributed by atoms with E-state index >= 15 is 0 Å². The summed E-state index contributed by atoms with van der Waals surface area (Å²) in [6.07, 6.45) is 3.27. The Kier molecular flexibility index (Phi) is 4.33. The number of likely N-dealkylation sites (tertiary alicyclic amines) is 1. The lowest BCUT2D eigenvalue weighted by atomic mass is 10.0. The first-order valence-corrected chi connectivity index (χ1v) is 9.52. The summed E-state index contributed by atoms with van der Waals surface area (Å²) in [6, 6.07) is 8.10. The highest BCUT2D eigenvalue weighted by atomic mass is 32.2. The van der Waals surface area contributed by atoms with Crippen LogP contribution in [0.2, 0.25) is 0 Å². The van der Waals surface area contributed by atoms with Gasteiger partial charge in [-0.1, -0.05) is 18.2 Å². The van der Waals surface area contributed by atoms with E-state index in [9.17, 15) is 8.42 Å². The van der Waals surface area contributed by atoms with Crippen LogP contribution < -0.4 is 5.32 Å². The Morgan fingerprint density at radius 1 is 1.29 bits per heavy atom. The van der Waals surface area contributed by atoms with E-state index in [4.69, 9.17) is 0 Å². The molecule has 2 aliphatic heterocycles. The molecule has 1 aromatic carbocycles. The Morgan fingerprint density at radius 3 is 2.76 bits per heavy atom. The highest BCUT2D eigenvalue weighted by molar-refractivity contribution is 7.91. The van der Waals surface area contributed by atoms with Crippen LogP contribution in [0, 0.1) is 0 Å². The topological polar surface area (TPSA) is 49.4 Å². The van der Waals surface area contributed by atoms with Crippen molar-refractivity contribution in [1.82, 2.24) is 10.2 Å². The molecule has 0 spiro atoms. The highest BCUT2D eigenvalue weighted by Gasteiger charge is 2.30. The first-order valence-electron chi connectivity index (χ1n) is 7.87. The largest absolute Gasteiger partial charge is 0.308 e. The third-order valence-corrected chi connectivity index (χ3v) is 6.54. The summed E-state index contributed by atoms with van der Waals surface area (Å²) < 4.78 is 24.3. The van der Waals surface area contributed by atoms with Gasteiger partial charge < -0.3 is 5.32 Å². The van der Waals surface area contributed by atoms with Gasteiger partial charge >= 0.3 is 0 Å². The van der Waals surface area contributed by atoms with Gasteiger partial charge in [0.1, 0.15) is 0 Å². The van der Waals surface area contributed by atoms with Crippen LogP contribution in [0.4, 0.5) is 0 Å². The Labute approximate surface area is 127 Å². The van der Waals surface area contributed by atoms with Gasteiger partial charge in [-0.05, 0) is 50.9 Å². The van der Waals surface area contributed by atoms with Crippen molar-refractivity contribution >= 4 is 9.84 Å².